The van der Waals surface area contributed by atoms with Crippen LogP contribution in [0.15, 0.2) is 28.9 Å². The van der Waals surface area contributed by atoms with Crippen LogP contribution in [0, 0.1) is 25.7 Å². The zero-order valence-corrected chi connectivity index (χ0v) is 16.6. The van der Waals surface area contributed by atoms with Crippen molar-refractivity contribution in [2.45, 2.75) is 33.3 Å². The smallest absolute Gasteiger partial charge is 0.254 e. The van der Waals surface area contributed by atoms with E-state index in [4.69, 9.17) is 15.9 Å². The Morgan fingerprint density at radius 3 is 2.62 bits per heavy atom. The predicted octanol–water partition coefficient (Wildman–Crippen LogP) is 2.26. The maximum atomic E-state index is 12.1. The average molecular weight is 394 g/mol. The van der Waals surface area contributed by atoms with Gasteiger partial charge in [-0.1, -0.05) is 17.9 Å². The standard InChI is InChI=1S/C21H22N4O4/c1-11-5-6-14(26)12(2)18(11)25-19(22)16(20(23)27)17(24-25)15-9-13(10-29-15)7-8-21(3,4)28/h5-6,9-10,26,28H,22H2,1-4H3,(H2,23,27). The van der Waals surface area contributed by atoms with Gasteiger partial charge in [0.25, 0.3) is 5.91 Å². The molecule has 0 unspecified atom stereocenters. The summed E-state index contributed by atoms with van der Waals surface area (Å²) in [6.45, 7) is 6.69. The molecule has 1 amide bonds. The van der Waals surface area contributed by atoms with E-state index in [9.17, 15) is 15.0 Å². The maximum Gasteiger partial charge on any atom is 0.254 e. The van der Waals surface area contributed by atoms with Gasteiger partial charge in [0.15, 0.2) is 5.76 Å². The van der Waals surface area contributed by atoms with E-state index in [1.807, 2.05) is 6.92 Å². The SMILES string of the molecule is Cc1ccc(O)c(C)c1-n1nc(-c2cc(C#CC(C)(C)O)co2)c(C(N)=O)c1N. The summed E-state index contributed by atoms with van der Waals surface area (Å²) in [5, 5.41) is 24.3. The van der Waals surface area contributed by atoms with E-state index in [0.717, 1.165) is 5.56 Å². The minimum absolute atomic E-state index is 0.00323. The molecule has 0 aliphatic heterocycles. The topological polar surface area (TPSA) is 141 Å². The van der Waals surface area contributed by atoms with Crippen molar-refractivity contribution in [2.75, 3.05) is 5.73 Å². The first-order valence-corrected chi connectivity index (χ1v) is 8.82. The highest BCUT2D eigenvalue weighted by atomic mass is 16.3. The number of amides is 1. The van der Waals surface area contributed by atoms with Crippen LogP contribution < -0.4 is 11.5 Å². The first kappa shape index (κ1) is 20.0. The largest absolute Gasteiger partial charge is 0.508 e. The number of anilines is 1. The number of aliphatic hydroxyl groups is 1. The molecule has 0 saturated carbocycles. The maximum absolute atomic E-state index is 12.1. The molecule has 0 fully saturated rings. The van der Waals surface area contributed by atoms with Gasteiger partial charge in [0, 0.05) is 11.6 Å². The van der Waals surface area contributed by atoms with Gasteiger partial charge in [0.2, 0.25) is 0 Å². The molecule has 1 aromatic carbocycles. The van der Waals surface area contributed by atoms with Gasteiger partial charge in [-0.25, -0.2) is 4.68 Å². The Balaban J connectivity index is 2.19. The number of rotatable bonds is 3. The molecule has 6 N–H and O–H groups in total. The Hall–Kier alpha value is -3.70. The molecular weight excluding hydrogens is 372 g/mol. The number of carbonyl (C=O) groups excluding carboxylic acids is 1. The number of furan rings is 1. The molecule has 3 aromatic rings. The number of primary amides is 1. The number of benzene rings is 1. The van der Waals surface area contributed by atoms with E-state index < -0.39 is 11.5 Å². The van der Waals surface area contributed by atoms with Gasteiger partial charge in [-0.15, -0.1) is 0 Å². The fourth-order valence-electron chi connectivity index (χ4n) is 2.92. The molecule has 8 nitrogen and oxygen atoms in total. The number of phenolic OH excluding ortho intramolecular Hbond substituents is 1. The van der Waals surface area contributed by atoms with Crippen molar-refractivity contribution in [1.82, 2.24) is 9.78 Å². The van der Waals surface area contributed by atoms with Crippen molar-refractivity contribution in [2.24, 2.45) is 5.73 Å². The highest BCUT2D eigenvalue weighted by Gasteiger charge is 2.26. The summed E-state index contributed by atoms with van der Waals surface area (Å²) in [5.41, 5.74) is 13.1. The molecule has 150 valence electrons. The fourth-order valence-corrected chi connectivity index (χ4v) is 2.92. The lowest BCUT2D eigenvalue weighted by Crippen LogP contribution is -2.14. The number of nitrogens with zero attached hydrogens (tertiary/aromatic N) is 2. The Kier molecular flexibility index (Phi) is 4.86. The highest BCUT2D eigenvalue weighted by Crippen LogP contribution is 2.34. The number of aromatic hydroxyl groups is 1. The van der Waals surface area contributed by atoms with Crippen molar-refractivity contribution >= 4 is 11.7 Å². The summed E-state index contributed by atoms with van der Waals surface area (Å²) in [5.74, 6) is 5.07. The quantitative estimate of drug-likeness (QED) is 0.502. The van der Waals surface area contributed by atoms with Crippen LogP contribution in [-0.4, -0.2) is 31.5 Å². The Bertz CT molecular complexity index is 1170. The first-order valence-electron chi connectivity index (χ1n) is 8.82. The monoisotopic (exact) mass is 394 g/mol. The lowest BCUT2D eigenvalue weighted by Gasteiger charge is -2.12. The van der Waals surface area contributed by atoms with Gasteiger partial charge in [-0.2, -0.15) is 5.10 Å². The molecule has 0 bridgehead atoms. The summed E-state index contributed by atoms with van der Waals surface area (Å²) in [6, 6.07) is 4.88. The minimum atomic E-state index is -1.16. The number of carbonyl (C=O) groups is 1. The summed E-state index contributed by atoms with van der Waals surface area (Å²) in [7, 11) is 0. The molecular formula is C21H22N4O4. The van der Waals surface area contributed by atoms with Crippen LogP contribution in [0.4, 0.5) is 5.82 Å². The third kappa shape index (κ3) is 3.81. The van der Waals surface area contributed by atoms with Gasteiger partial charge in [-0.05, 0) is 39.3 Å². The van der Waals surface area contributed by atoms with E-state index in [0.29, 0.717) is 16.8 Å². The summed E-state index contributed by atoms with van der Waals surface area (Å²) >= 11 is 0. The normalized spacial score (nSPS) is 11.2. The van der Waals surface area contributed by atoms with Crippen molar-refractivity contribution in [3.63, 3.8) is 0 Å². The Labute approximate surface area is 167 Å². The molecule has 29 heavy (non-hydrogen) atoms. The van der Waals surface area contributed by atoms with Gasteiger partial charge in [0.05, 0.1) is 11.3 Å². The van der Waals surface area contributed by atoms with E-state index in [1.54, 1.807) is 39.0 Å². The van der Waals surface area contributed by atoms with Crippen LogP contribution in [0.2, 0.25) is 0 Å². The van der Waals surface area contributed by atoms with E-state index in [2.05, 4.69) is 16.9 Å². The Morgan fingerprint density at radius 1 is 1.31 bits per heavy atom. The summed E-state index contributed by atoms with van der Waals surface area (Å²) in [4.78, 5) is 12.1. The third-order valence-electron chi connectivity index (χ3n) is 4.33. The zero-order valence-electron chi connectivity index (χ0n) is 16.6. The van der Waals surface area contributed by atoms with E-state index in [1.165, 1.54) is 10.9 Å². The number of hydrogen-bond donors (Lipinski definition) is 4. The molecule has 0 saturated heterocycles. The van der Waals surface area contributed by atoms with Crippen LogP contribution in [0.3, 0.4) is 0 Å². The average Bonchev–Trinajstić information content (AvgIpc) is 3.21. The van der Waals surface area contributed by atoms with Crippen molar-refractivity contribution in [1.29, 1.82) is 0 Å². The van der Waals surface area contributed by atoms with Gasteiger partial charge in [-0.3, -0.25) is 4.79 Å². The molecule has 0 atom stereocenters. The Morgan fingerprint density at radius 2 is 2.00 bits per heavy atom. The first-order chi connectivity index (χ1) is 13.5. The number of phenols is 1. The van der Waals surface area contributed by atoms with Crippen LogP contribution in [0.25, 0.3) is 17.1 Å². The third-order valence-corrected chi connectivity index (χ3v) is 4.33. The molecule has 0 spiro atoms. The molecule has 0 aliphatic carbocycles. The zero-order chi connectivity index (χ0) is 21.5. The molecule has 2 heterocycles. The predicted molar refractivity (Wildman–Crippen MR) is 109 cm³/mol. The van der Waals surface area contributed by atoms with E-state index in [-0.39, 0.29) is 28.6 Å². The van der Waals surface area contributed by atoms with Crippen molar-refractivity contribution in [3.8, 4) is 34.7 Å². The second kappa shape index (κ2) is 7.04. The number of aryl methyl sites for hydroxylation is 1. The number of nitrogens with two attached hydrogens (primary N) is 2. The lowest BCUT2D eigenvalue weighted by molar-refractivity contribution is 0.100. The van der Waals surface area contributed by atoms with Crippen LogP contribution >= 0.6 is 0 Å². The number of nitrogen functional groups attached to an aromatic ring is 1. The summed E-state index contributed by atoms with van der Waals surface area (Å²) in [6.07, 6.45) is 1.39. The van der Waals surface area contributed by atoms with Crippen molar-refractivity contribution in [3.05, 3.63) is 46.7 Å². The summed E-state index contributed by atoms with van der Waals surface area (Å²) < 4.78 is 6.89. The van der Waals surface area contributed by atoms with Crippen LogP contribution in [0.1, 0.15) is 40.9 Å². The fraction of sp³-hybridized carbons (Fsp3) is 0.238. The number of aromatic nitrogens is 2. The van der Waals surface area contributed by atoms with Crippen LogP contribution in [-0.2, 0) is 0 Å². The second-order valence-corrected chi connectivity index (χ2v) is 7.27. The second-order valence-electron chi connectivity index (χ2n) is 7.27. The van der Waals surface area contributed by atoms with E-state index >= 15 is 0 Å². The number of hydrogen-bond acceptors (Lipinski definition) is 6. The molecule has 2 aromatic heterocycles. The van der Waals surface area contributed by atoms with Gasteiger partial charge >= 0.3 is 0 Å². The van der Waals surface area contributed by atoms with Crippen molar-refractivity contribution < 1.29 is 19.4 Å². The molecule has 8 heteroatoms. The van der Waals surface area contributed by atoms with Gasteiger partial charge < -0.3 is 26.1 Å². The minimum Gasteiger partial charge on any atom is -0.508 e. The molecule has 0 aliphatic rings. The van der Waals surface area contributed by atoms with Gasteiger partial charge in [0.1, 0.15) is 34.7 Å². The molecule has 0 radical (unpaired) electrons. The lowest BCUT2D eigenvalue weighted by atomic mass is 10.1. The highest BCUT2D eigenvalue weighted by molar-refractivity contribution is 6.03. The molecule has 3 rings (SSSR count). The van der Waals surface area contributed by atoms with Crippen LogP contribution in [0.5, 0.6) is 5.75 Å².